The number of ether oxygens (including phenoxy) is 3. The van der Waals surface area contributed by atoms with E-state index in [0.717, 1.165) is 36.8 Å². The van der Waals surface area contributed by atoms with E-state index in [4.69, 9.17) is 14.2 Å². The summed E-state index contributed by atoms with van der Waals surface area (Å²) in [5.41, 5.74) is 2.66. The van der Waals surface area contributed by atoms with Crippen molar-refractivity contribution in [2.45, 2.75) is 52.1 Å². The van der Waals surface area contributed by atoms with E-state index in [9.17, 15) is 9.59 Å². The van der Waals surface area contributed by atoms with Gasteiger partial charge < -0.3 is 14.2 Å². The highest BCUT2D eigenvalue weighted by Crippen LogP contribution is 2.39. The number of carbonyl (C=O) groups is 2. The van der Waals surface area contributed by atoms with Gasteiger partial charge in [0.1, 0.15) is 11.9 Å². The van der Waals surface area contributed by atoms with Crippen molar-refractivity contribution in [2.75, 3.05) is 14.2 Å². The summed E-state index contributed by atoms with van der Waals surface area (Å²) in [6, 6.07) is 5.12. The van der Waals surface area contributed by atoms with Crippen molar-refractivity contribution < 1.29 is 23.8 Å². The number of hydrogen-bond acceptors (Lipinski definition) is 5. The molecule has 1 aromatic carbocycles. The monoisotopic (exact) mass is 346 g/mol. The first-order valence-corrected chi connectivity index (χ1v) is 8.71. The fourth-order valence-electron chi connectivity index (χ4n) is 3.12. The second-order valence-electron chi connectivity index (χ2n) is 6.19. The average molecular weight is 346 g/mol. The maximum absolute atomic E-state index is 12.1. The number of rotatable bonds is 8. The smallest absolute Gasteiger partial charge is 0.337 e. The number of benzene rings is 1. The zero-order chi connectivity index (χ0) is 18.4. The maximum atomic E-state index is 12.1. The van der Waals surface area contributed by atoms with Crippen LogP contribution in [-0.2, 0) is 14.3 Å². The van der Waals surface area contributed by atoms with Crippen LogP contribution in [0, 0.1) is 0 Å². The van der Waals surface area contributed by atoms with E-state index in [1.165, 1.54) is 13.5 Å². The summed E-state index contributed by atoms with van der Waals surface area (Å²) < 4.78 is 15.8. The average Bonchev–Trinajstić information content (AvgIpc) is 2.91. The molecular weight excluding hydrogens is 320 g/mol. The summed E-state index contributed by atoms with van der Waals surface area (Å²) in [4.78, 5) is 23.8. The van der Waals surface area contributed by atoms with E-state index in [-0.39, 0.29) is 12.1 Å². The van der Waals surface area contributed by atoms with Crippen molar-refractivity contribution >= 4 is 17.5 Å². The van der Waals surface area contributed by atoms with Gasteiger partial charge in [-0.1, -0.05) is 26.2 Å². The summed E-state index contributed by atoms with van der Waals surface area (Å²) in [5.74, 6) is -0.172. The summed E-state index contributed by atoms with van der Waals surface area (Å²) in [6.45, 7) is 3.94. The Morgan fingerprint density at radius 3 is 2.60 bits per heavy atom. The van der Waals surface area contributed by atoms with Gasteiger partial charge in [-0.3, -0.25) is 0 Å². The molecule has 5 heteroatoms. The normalized spacial score (nSPS) is 16.8. The molecule has 0 radical (unpaired) electrons. The molecule has 136 valence electrons. The summed E-state index contributed by atoms with van der Waals surface area (Å²) in [6.07, 6.45) is 4.99. The zero-order valence-corrected chi connectivity index (χ0v) is 15.4. The Morgan fingerprint density at radius 1 is 1.20 bits per heavy atom. The number of hydrogen-bond donors (Lipinski definition) is 0. The maximum Gasteiger partial charge on any atom is 0.337 e. The molecule has 5 nitrogen and oxygen atoms in total. The summed E-state index contributed by atoms with van der Waals surface area (Å²) >= 11 is 0. The molecule has 1 aliphatic heterocycles. The van der Waals surface area contributed by atoms with E-state index >= 15 is 0 Å². The fourth-order valence-corrected chi connectivity index (χ4v) is 3.12. The SMILES string of the molecule is CCCCCCC1OC(=O)C(C)=C1c1ccc(C(=O)OC)cc1OC. The summed E-state index contributed by atoms with van der Waals surface area (Å²) in [5, 5.41) is 0. The lowest BCUT2D eigenvalue weighted by molar-refractivity contribution is -0.139. The second kappa shape index (κ2) is 8.70. The van der Waals surface area contributed by atoms with Crippen LogP contribution >= 0.6 is 0 Å². The Bertz CT molecular complexity index is 675. The van der Waals surface area contributed by atoms with Gasteiger partial charge in [-0.2, -0.15) is 0 Å². The van der Waals surface area contributed by atoms with Crippen LogP contribution in [0.5, 0.6) is 5.75 Å². The first-order chi connectivity index (χ1) is 12.0. The lowest BCUT2D eigenvalue weighted by Gasteiger charge is -2.17. The molecule has 0 N–H and O–H groups in total. The summed E-state index contributed by atoms with van der Waals surface area (Å²) in [7, 11) is 2.88. The largest absolute Gasteiger partial charge is 0.496 e. The lowest BCUT2D eigenvalue weighted by atomic mass is 9.93. The molecule has 0 saturated heterocycles. The van der Waals surface area contributed by atoms with Gasteiger partial charge in [-0.25, -0.2) is 9.59 Å². The third kappa shape index (κ3) is 4.21. The highest BCUT2D eigenvalue weighted by molar-refractivity contribution is 6.03. The Labute approximate surface area is 149 Å². The molecule has 0 amide bonds. The third-order valence-electron chi connectivity index (χ3n) is 4.51. The number of cyclic esters (lactones) is 1. The van der Waals surface area contributed by atoms with Gasteiger partial charge >= 0.3 is 11.9 Å². The highest BCUT2D eigenvalue weighted by atomic mass is 16.5. The van der Waals surface area contributed by atoms with Crippen molar-refractivity contribution in [3.05, 3.63) is 34.9 Å². The zero-order valence-electron chi connectivity index (χ0n) is 15.4. The molecule has 1 unspecified atom stereocenters. The second-order valence-corrected chi connectivity index (χ2v) is 6.19. The predicted molar refractivity (Wildman–Crippen MR) is 95.6 cm³/mol. The van der Waals surface area contributed by atoms with Crippen LogP contribution in [0.2, 0.25) is 0 Å². The Morgan fingerprint density at radius 2 is 1.96 bits per heavy atom. The van der Waals surface area contributed by atoms with Crippen LogP contribution in [0.4, 0.5) is 0 Å². The molecule has 0 spiro atoms. The molecule has 25 heavy (non-hydrogen) atoms. The molecule has 1 aromatic rings. The van der Waals surface area contributed by atoms with Gasteiger partial charge in [-0.05, 0) is 38.0 Å². The molecule has 1 atom stereocenters. The minimum absolute atomic E-state index is 0.262. The molecule has 0 bridgehead atoms. The standard InChI is InChI=1S/C20H26O5/c1-5-6-7-8-9-16-18(13(2)19(21)25-16)15-11-10-14(20(22)24-4)12-17(15)23-3/h10-12,16H,5-9H2,1-4H3. The van der Waals surface area contributed by atoms with Crippen molar-refractivity contribution in [3.8, 4) is 5.75 Å². The van der Waals surface area contributed by atoms with E-state index in [1.807, 2.05) is 0 Å². The van der Waals surface area contributed by atoms with E-state index in [0.29, 0.717) is 16.9 Å². The van der Waals surface area contributed by atoms with Crippen LogP contribution in [-0.4, -0.2) is 32.3 Å². The van der Waals surface area contributed by atoms with Crippen LogP contribution in [0.15, 0.2) is 23.8 Å². The van der Waals surface area contributed by atoms with Gasteiger partial charge in [0.05, 0.1) is 19.8 Å². The van der Waals surface area contributed by atoms with Crippen molar-refractivity contribution in [3.63, 3.8) is 0 Å². The van der Waals surface area contributed by atoms with E-state index in [2.05, 4.69) is 6.92 Å². The first-order valence-electron chi connectivity index (χ1n) is 8.71. The highest BCUT2D eigenvalue weighted by Gasteiger charge is 2.33. The van der Waals surface area contributed by atoms with Gasteiger partial charge in [0, 0.05) is 16.7 Å². The van der Waals surface area contributed by atoms with E-state index in [1.54, 1.807) is 32.2 Å². The molecule has 1 aliphatic rings. The van der Waals surface area contributed by atoms with Gasteiger partial charge in [0.25, 0.3) is 0 Å². The van der Waals surface area contributed by atoms with Crippen LogP contribution in [0.1, 0.15) is 61.9 Å². The number of methoxy groups -OCH3 is 2. The van der Waals surface area contributed by atoms with Crippen molar-refractivity contribution in [1.82, 2.24) is 0 Å². The van der Waals surface area contributed by atoms with Gasteiger partial charge in [-0.15, -0.1) is 0 Å². The first kappa shape index (κ1) is 19.0. The molecule has 1 heterocycles. The molecule has 0 saturated carbocycles. The molecule has 2 rings (SSSR count). The van der Waals surface area contributed by atoms with Gasteiger partial charge in [0.2, 0.25) is 0 Å². The Kier molecular flexibility index (Phi) is 6.62. The lowest BCUT2D eigenvalue weighted by Crippen LogP contribution is -2.12. The van der Waals surface area contributed by atoms with Crippen LogP contribution < -0.4 is 4.74 Å². The minimum atomic E-state index is -0.426. The fraction of sp³-hybridized carbons (Fsp3) is 0.500. The molecule has 0 fully saturated rings. The predicted octanol–water partition coefficient (Wildman–Crippen LogP) is 4.15. The minimum Gasteiger partial charge on any atom is -0.496 e. The number of esters is 2. The topological polar surface area (TPSA) is 61.8 Å². The quantitative estimate of drug-likeness (QED) is 0.523. The molecular formula is C20H26O5. The van der Waals surface area contributed by atoms with Crippen LogP contribution in [0.25, 0.3) is 5.57 Å². The van der Waals surface area contributed by atoms with E-state index < -0.39 is 5.97 Å². The molecule has 0 aromatic heterocycles. The molecule has 0 aliphatic carbocycles. The Hall–Kier alpha value is -2.30. The Balaban J connectivity index is 2.32. The number of unbranched alkanes of at least 4 members (excludes halogenated alkanes) is 3. The van der Waals surface area contributed by atoms with Crippen molar-refractivity contribution in [2.24, 2.45) is 0 Å². The number of carbonyl (C=O) groups excluding carboxylic acids is 2. The van der Waals surface area contributed by atoms with Crippen molar-refractivity contribution in [1.29, 1.82) is 0 Å². The van der Waals surface area contributed by atoms with Crippen LogP contribution in [0.3, 0.4) is 0 Å². The van der Waals surface area contributed by atoms with Gasteiger partial charge in [0.15, 0.2) is 0 Å². The third-order valence-corrected chi connectivity index (χ3v) is 4.51.